The maximum Gasteiger partial charge on any atom is 0.128 e. The number of halogens is 2. The molecule has 0 bridgehead atoms. The van der Waals surface area contributed by atoms with Crippen LogP contribution in [0.3, 0.4) is 0 Å². The summed E-state index contributed by atoms with van der Waals surface area (Å²) in [5.41, 5.74) is 1.06. The fraction of sp³-hybridized carbons (Fsp3) is 0.0588. The normalized spacial score (nSPS) is 10.7. The van der Waals surface area contributed by atoms with E-state index in [-0.39, 0.29) is 5.82 Å². The summed E-state index contributed by atoms with van der Waals surface area (Å²) in [6, 6.07) is 18.9. The molecule has 0 N–H and O–H groups in total. The Labute approximate surface area is 125 Å². The lowest BCUT2D eigenvalue weighted by Gasteiger charge is -2.08. The minimum Gasteiger partial charge on any atom is -0.489 e. The molecule has 0 saturated heterocycles. The van der Waals surface area contributed by atoms with Crippen LogP contribution in [0.2, 0.25) is 0 Å². The van der Waals surface area contributed by atoms with Gasteiger partial charge in [-0.05, 0) is 34.5 Å². The number of hydrogen-bond donors (Lipinski definition) is 0. The van der Waals surface area contributed by atoms with Gasteiger partial charge in [0.1, 0.15) is 18.2 Å². The van der Waals surface area contributed by atoms with Crippen LogP contribution in [-0.2, 0) is 6.61 Å². The predicted molar refractivity (Wildman–Crippen MR) is 82.4 cm³/mol. The molecular weight excluding hydrogens is 319 g/mol. The first-order valence-corrected chi connectivity index (χ1v) is 7.06. The standard InChI is InChI=1S/C17H12BrFO/c18-15-8-16(19)10-17(9-15)20-11-12-5-6-13-3-1-2-4-14(13)7-12/h1-10H,11H2. The van der Waals surface area contributed by atoms with Crippen molar-refractivity contribution in [1.29, 1.82) is 0 Å². The number of rotatable bonds is 3. The summed E-state index contributed by atoms with van der Waals surface area (Å²) in [4.78, 5) is 0. The zero-order valence-electron chi connectivity index (χ0n) is 10.6. The van der Waals surface area contributed by atoms with Crippen LogP contribution in [0.25, 0.3) is 10.8 Å². The lowest BCUT2D eigenvalue weighted by Crippen LogP contribution is -1.96. The second-order valence-electron chi connectivity index (χ2n) is 4.58. The van der Waals surface area contributed by atoms with Crippen molar-refractivity contribution in [3.8, 4) is 5.75 Å². The van der Waals surface area contributed by atoms with E-state index in [1.165, 1.54) is 22.9 Å². The molecule has 0 radical (unpaired) electrons. The minimum atomic E-state index is -0.312. The van der Waals surface area contributed by atoms with E-state index in [4.69, 9.17) is 4.74 Å². The molecule has 1 nitrogen and oxygen atoms in total. The highest BCUT2D eigenvalue weighted by Gasteiger charge is 2.01. The topological polar surface area (TPSA) is 9.23 Å². The van der Waals surface area contributed by atoms with Gasteiger partial charge in [-0.25, -0.2) is 4.39 Å². The third kappa shape index (κ3) is 2.99. The van der Waals surface area contributed by atoms with Crippen LogP contribution >= 0.6 is 15.9 Å². The molecule has 0 aliphatic heterocycles. The van der Waals surface area contributed by atoms with Crippen molar-refractivity contribution in [2.45, 2.75) is 6.61 Å². The van der Waals surface area contributed by atoms with Gasteiger partial charge in [-0.2, -0.15) is 0 Å². The average Bonchev–Trinajstić information content (AvgIpc) is 2.44. The summed E-state index contributed by atoms with van der Waals surface area (Å²) in [6.07, 6.45) is 0. The van der Waals surface area contributed by atoms with Gasteiger partial charge in [0.2, 0.25) is 0 Å². The predicted octanol–water partition coefficient (Wildman–Crippen LogP) is 5.32. The molecule has 0 atom stereocenters. The Hall–Kier alpha value is -1.87. The van der Waals surface area contributed by atoms with Crippen molar-refractivity contribution < 1.29 is 9.13 Å². The summed E-state index contributed by atoms with van der Waals surface area (Å²) < 4.78 is 19.6. The molecule has 0 aromatic heterocycles. The quantitative estimate of drug-likeness (QED) is 0.631. The van der Waals surface area contributed by atoms with Gasteiger partial charge in [-0.1, -0.05) is 52.3 Å². The Morgan fingerprint density at radius 2 is 1.70 bits per heavy atom. The molecule has 0 fully saturated rings. The fourth-order valence-corrected chi connectivity index (χ4v) is 2.55. The molecular formula is C17H12BrFO. The molecule has 0 saturated carbocycles. The number of benzene rings is 3. The summed E-state index contributed by atoms with van der Waals surface area (Å²) in [5.74, 6) is 0.206. The van der Waals surface area contributed by atoms with E-state index in [0.29, 0.717) is 16.8 Å². The van der Waals surface area contributed by atoms with Crippen molar-refractivity contribution in [3.63, 3.8) is 0 Å². The van der Waals surface area contributed by atoms with E-state index < -0.39 is 0 Å². The highest BCUT2D eigenvalue weighted by Crippen LogP contribution is 2.22. The minimum absolute atomic E-state index is 0.312. The number of ether oxygens (including phenoxy) is 1. The van der Waals surface area contributed by atoms with Crippen molar-refractivity contribution in [1.82, 2.24) is 0 Å². The zero-order valence-corrected chi connectivity index (χ0v) is 12.2. The molecule has 0 aliphatic carbocycles. The second kappa shape index (κ2) is 5.63. The van der Waals surface area contributed by atoms with Gasteiger partial charge in [0.15, 0.2) is 0 Å². The first-order chi connectivity index (χ1) is 9.70. The van der Waals surface area contributed by atoms with Gasteiger partial charge < -0.3 is 4.74 Å². The molecule has 20 heavy (non-hydrogen) atoms. The molecule has 3 rings (SSSR count). The summed E-state index contributed by atoms with van der Waals surface area (Å²) >= 11 is 3.25. The number of fused-ring (bicyclic) bond motifs is 1. The summed E-state index contributed by atoms with van der Waals surface area (Å²) in [6.45, 7) is 0.417. The molecule has 0 unspecified atom stereocenters. The average molecular weight is 331 g/mol. The Morgan fingerprint density at radius 3 is 2.50 bits per heavy atom. The van der Waals surface area contributed by atoms with Gasteiger partial charge >= 0.3 is 0 Å². The van der Waals surface area contributed by atoms with E-state index in [0.717, 1.165) is 5.56 Å². The number of hydrogen-bond acceptors (Lipinski definition) is 1. The smallest absolute Gasteiger partial charge is 0.128 e. The Morgan fingerprint density at radius 1 is 0.900 bits per heavy atom. The fourth-order valence-electron chi connectivity index (χ4n) is 2.11. The van der Waals surface area contributed by atoms with Crippen LogP contribution in [0.4, 0.5) is 4.39 Å². The van der Waals surface area contributed by atoms with E-state index in [1.54, 1.807) is 6.07 Å². The van der Waals surface area contributed by atoms with Crippen molar-refractivity contribution >= 4 is 26.7 Å². The summed E-state index contributed by atoms with van der Waals surface area (Å²) in [7, 11) is 0. The molecule has 0 amide bonds. The highest BCUT2D eigenvalue weighted by molar-refractivity contribution is 9.10. The molecule has 0 spiro atoms. The Bertz CT molecular complexity index is 735. The monoisotopic (exact) mass is 330 g/mol. The third-order valence-corrected chi connectivity index (χ3v) is 3.51. The Balaban J connectivity index is 1.79. The van der Waals surface area contributed by atoms with Crippen LogP contribution in [0.1, 0.15) is 5.56 Å². The van der Waals surface area contributed by atoms with Crippen LogP contribution in [0.15, 0.2) is 65.1 Å². The largest absolute Gasteiger partial charge is 0.489 e. The molecule has 3 aromatic carbocycles. The van der Waals surface area contributed by atoms with Gasteiger partial charge in [-0.3, -0.25) is 0 Å². The van der Waals surface area contributed by atoms with Crippen LogP contribution < -0.4 is 4.74 Å². The molecule has 0 heterocycles. The SMILES string of the molecule is Fc1cc(Br)cc(OCc2ccc3ccccc3c2)c1. The maximum absolute atomic E-state index is 13.3. The Kier molecular flexibility index (Phi) is 3.70. The van der Waals surface area contributed by atoms with E-state index in [1.807, 2.05) is 18.2 Å². The van der Waals surface area contributed by atoms with Gasteiger partial charge in [0.05, 0.1) is 0 Å². The van der Waals surface area contributed by atoms with Crippen LogP contribution in [0.5, 0.6) is 5.75 Å². The molecule has 3 aromatic rings. The molecule has 3 heteroatoms. The van der Waals surface area contributed by atoms with E-state index >= 15 is 0 Å². The van der Waals surface area contributed by atoms with Crippen molar-refractivity contribution in [3.05, 3.63) is 76.5 Å². The van der Waals surface area contributed by atoms with E-state index in [9.17, 15) is 4.39 Å². The maximum atomic E-state index is 13.3. The lowest BCUT2D eigenvalue weighted by molar-refractivity contribution is 0.304. The third-order valence-electron chi connectivity index (χ3n) is 3.06. The van der Waals surface area contributed by atoms with E-state index in [2.05, 4.69) is 40.2 Å². The van der Waals surface area contributed by atoms with Gasteiger partial charge in [-0.15, -0.1) is 0 Å². The van der Waals surface area contributed by atoms with Gasteiger partial charge in [0.25, 0.3) is 0 Å². The van der Waals surface area contributed by atoms with Crippen LogP contribution in [-0.4, -0.2) is 0 Å². The summed E-state index contributed by atoms with van der Waals surface area (Å²) in [5, 5.41) is 2.37. The van der Waals surface area contributed by atoms with Crippen LogP contribution in [0, 0.1) is 5.82 Å². The zero-order chi connectivity index (χ0) is 13.9. The molecule has 0 aliphatic rings. The first-order valence-electron chi connectivity index (χ1n) is 6.27. The van der Waals surface area contributed by atoms with Crippen molar-refractivity contribution in [2.24, 2.45) is 0 Å². The molecule has 100 valence electrons. The lowest BCUT2D eigenvalue weighted by atomic mass is 10.1. The van der Waals surface area contributed by atoms with Crippen molar-refractivity contribution in [2.75, 3.05) is 0 Å². The first kappa shape index (κ1) is 13.1. The van der Waals surface area contributed by atoms with Gasteiger partial charge in [0, 0.05) is 10.5 Å². The highest BCUT2D eigenvalue weighted by atomic mass is 79.9. The second-order valence-corrected chi connectivity index (χ2v) is 5.49.